The third kappa shape index (κ3) is 2.31. The van der Waals surface area contributed by atoms with E-state index in [9.17, 15) is 4.79 Å². The van der Waals surface area contributed by atoms with Gasteiger partial charge in [0.2, 0.25) is 6.23 Å². The summed E-state index contributed by atoms with van der Waals surface area (Å²) in [6.45, 7) is 7.13. The first-order valence-electron chi connectivity index (χ1n) is 5.28. The van der Waals surface area contributed by atoms with Crippen molar-refractivity contribution in [1.29, 1.82) is 0 Å². The topological polar surface area (TPSA) is 29.5 Å². The molecule has 2 rings (SSSR count). The van der Waals surface area contributed by atoms with E-state index < -0.39 is 6.23 Å². The minimum atomic E-state index is -0.479. The number of ether oxygens (including phenoxy) is 1. The molecule has 1 unspecified atom stereocenters. The maximum absolute atomic E-state index is 10.8. The van der Waals surface area contributed by atoms with Gasteiger partial charge in [0, 0.05) is 6.54 Å². The molecular formula is C13H15NO2. The number of aldehydes is 1. The highest BCUT2D eigenvalue weighted by molar-refractivity contribution is 5.56. The Bertz CT molecular complexity index is 414. The van der Waals surface area contributed by atoms with Gasteiger partial charge in [-0.05, 0) is 12.5 Å². The third-order valence-corrected chi connectivity index (χ3v) is 2.61. The molecule has 1 aliphatic heterocycles. The van der Waals surface area contributed by atoms with Crippen LogP contribution in [-0.4, -0.2) is 24.0 Å². The van der Waals surface area contributed by atoms with Crippen LogP contribution >= 0.6 is 0 Å². The fourth-order valence-electron chi connectivity index (χ4n) is 1.90. The number of carbonyl (C=O) groups is 1. The van der Waals surface area contributed by atoms with Crippen molar-refractivity contribution in [2.75, 3.05) is 6.54 Å². The Morgan fingerprint density at radius 1 is 1.62 bits per heavy atom. The molecule has 0 saturated carbocycles. The standard InChI is InChI=1S/C13H15NO2/c1-10-4-3-5-12(6-10)8-14-7-11(2)16-13(14)9-15/h3-6,9,13H,2,7-8H2,1H3. The van der Waals surface area contributed by atoms with Gasteiger partial charge in [-0.1, -0.05) is 36.4 Å². The number of rotatable bonds is 3. The molecule has 1 saturated heterocycles. The molecule has 0 spiro atoms. The number of aryl methyl sites for hydroxylation is 1. The Hall–Kier alpha value is -1.61. The van der Waals surface area contributed by atoms with Crippen LogP contribution in [0.2, 0.25) is 0 Å². The van der Waals surface area contributed by atoms with Crippen molar-refractivity contribution in [3.63, 3.8) is 0 Å². The molecule has 1 atom stereocenters. The van der Waals surface area contributed by atoms with Gasteiger partial charge in [-0.25, -0.2) is 0 Å². The van der Waals surface area contributed by atoms with Gasteiger partial charge in [0.1, 0.15) is 5.76 Å². The lowest BCUT2D eigenvalue weighted by Crippen LogP contribution is -2.30. The predicted molar refractivity (Wildman–Crippen MR) is 61.7 cm³/mol. The van der Waals surface area contributed by atoms with E-state index in [1.807, 2.05) is 11.0 Å². The molecular weight excluding hydrogens is 202 g/mol. The molecule has 0 N–H and O–H groups in total. The van der Waals surface area contributed by atoms with Gasteiger partial charge in [0.05, 0.1) is 6.54 Å². The summed E-state index contributed by atoms with van der Waals surface area (Å²) < 4.78 is 5.29. The summed E-state index contributed by atoms with van der Waals surface area (Å²) in [5.41, 5.74) is 2.41. The first-order chi connectivity index (χ1) is 7.69. The molecule has 1 aromatic carbocycles. The molecule has 16 heavy (non-hydrogen) atoms. The first kappa shape index (κ1) is 10.9. The molecule has 1 fully saturated rings. The van der Waals surface area contributed by atoms with Crippen molar-refractivity contribution < 1.29 is 9.53 Å². The van der Waals surface area contributed by atoms with Gasteiger partial charge in [0.15, 0.2) is 6.29 Å². The van der Waals surface area contributed by atoms with Crippen LogP contribution in [0.25, 0.3) is 0 Å². The van der Waals surface area contributed by atoms with Gasteiger partial charge in [-0.2, -0.15) is 0 Å². The van der Waals surface area contributed by atoms with E-state index in [1.54, 1.807) is 0 Å². The number of hydrogen-bond donors (Lipinski definition) is 0. The van der Waals surface area contributed by atoms with Crippen molar-refractivity contribution in [1.82, 2.24) is 4.90 Å². The maximum Gasteiger partial charge on any atom is 0.209 e. The van der Waals surface area contributed by atoms with Gasteiger partial charge >= 0.3 is 0 Å². The zero-order valence-corrected chi connectivity index (χ0v) is 9.35. The van der Waals surface area contributed by atoms with Crippen molar-refractivity contribution in [3.8, 4) is 0 Å². The molecule has 0 radical (unpaired) electrons. The molecule has 3 heteroatoms. The molecule has 1 aromatic rings. The highest BCUT2D eigenvalue weighted by atomic mass is 16.5. The number of benzene rings is 1. The quantitative estimate of drug-likeness (QED) is 0.724. The zero-order valence-electron chi connectivity index (χ0n) is 9.35. The summed E-state index contributed by atoms with van der Waals surface area (Å²) in [6.07, 6.45) is 0.335. The minimum absolute atomic E-state index is 0.479. The molecule has 3 nitrogen and oxygen atoms in total. The summed E-state index contributed by atoms with van der Waals surface area (Å²) in [5, 5.41) is 0. The van der Waals surface area contributed by atoms with Gasteiger partial charge in [-0.15, -0.1) is 0 Å². The van der Waals surface area contributed by atoms with Crippen LogP contribution < -0.4 is 0 Å². The van der Waals surface area contributed by atoms with Crippen LogP contribution in [-0.2, 0) is 16.1 Å². The Morgan fingerprint density at radius 2 is 2.44 bits per heavy atom. The smallest absolute Gasteiger partial charge is 0.209 e. The Balaban J connectivity index is 2.09. The monoisotopic (exact) mass is 217 g/mol. The molecule has 0 bridgehead atoms. The molecule has 1 aliphatic rings. The van der Waals surface area contributed by atoms with E-state index >= 15 is 0 Å². The number of hydrogen-bond acceptors (Lipinski definition) is 3. The summed E-state index contributed by atoms with van der Waals surface area (Å²) in [5.74, 6) is 0.657. The van der Waals surface area contributed by atoms with E-state index in [0.717, 1.165) is 6.29 Å². The highest BCUT2D eigenvalue weighted by Gasteiger charge is 2.27. The van der Waals surface area contributed by atoms with Gasteiger partial charge < -0.3 is 4.74 Å². The van der Waals surface area contributed by atoms with Crippen LogP contribution in [0.15, 0.2) is 36.6 Å². The number of carbonyl (C=O) groups excluding carboxylic acids is 1. The largest absolute Gasteiger partial charge is 0.472 e. The second-order valence-corrected chi connectivity index (χ2v) is 4.08. The van der Waals surface area contributed by atoms with Crippen LogP contribution in [0.3, 0.4) is 0 Å². The Morgan fingerprint density at radius 3 is 3.12 bits per heavy atom. The van der Waals surface area contributed by atoms with E-state index in [0.29, 0.717) is 18.8 Å². The van der Waals surface area contributed by atoms with Crippen LogP contribution in [0.1, 0.15) is 11.1 Å². The lowest BCUT2D eigenvalue weighted by atomic mass is 10.1. The summed E-state index contributed by atoms with van der Waals surface area (Å²) in [4.78, 5) is 12.8. The lowest BCUT2D eigenvalue weighted by molar-refractivity contribution is -0.120. The summed E-state index contributed by atoms with van der Waals surface area (Å²) in [6, 6.07) is 8.24. The Kier molecular flexibility index (Phi) is 3.06. The molecule has 0 amide bonds. The average molecular weight is 217 g/mol. The maximum atomic E-state index is 10.8. The summed E-state index contributed by atoms with van der Waals surface area (Å²) in [7, 11) is 0. The second kappa shape index (κ2) is 4.49. The fraction of sp³-hybridized carbons (Fsp3) is 0.308. The van der Waals surface area contributed by atoms with E-state index in [4.69, 9.17) is 4.74 Å². The summed E-state index contributed by atoms with van der Waals surface area (Å²) >= 11 is 0. The van der Waals surface area contributed by atoms with Gasteiger partial charge in [-0.3, -0.25) is 9.69 Å². The minimum Gasteiger partial charge on any atom is -0.472 e. The molecule has 0 aromatic heterocycles. The van der Waals surface area contributed by atoms with Gasteiger partial charge in [0.25, 0.3) is 0 Å². The average Bonchev–Trinajstić information content (AvgIpc) is 2.59. The molecule has 0 aliphatic carbocycles. The van der Waals surface area contributed by atoms with Crippen molar-refractivity contribution >= 4 is 6.29 Å². The van der Waals surface area contributed by atoms with Crippen LogP contribution in [0.5, 0.6) is 0 Å². The van der Waals surface area contributed by atoms with Crippen LogP contribution in [0.4, 0.5) is 0 Å². The van der Waals surface area contributed by atoms with Crippen LogP contribution in [0, 0.1) is 6.92 Å². The third-order valence-electron chi connectivity index (χ3n) is 2.61. The molecule has 84 valence electrons. The van der Waals surface area contributed by atoms with Crippen molar-refractivity contribution in [2.45, 2.75) is 19.7 Å². The van der Waals surface area contributed by atoms with E-state index in [-0.39, 0.29) is 0 Å². The fourth-order valence-corrected chi connectivity index (χ4v) is 1.90. The normalized spacial score (nSPS) is 20.8. The second-order valence-electron chi connectivity index (χ2n) is 4.08. The molecule has 1 heterocycles. The van der Waals surface area contributed by atoms with E-state index in [1.165, 1.54) is 11.1 Å². The van der Waals surface area contributed by atoms with Crippen molar-refractivity contribution in [2.24, 2.45) is 0 Å². The first-order valence-corrected chi connectivity index (χ1v) is 5.28. The number of nitrogens with zero attached hydrogens (tertiary/aromatic N) is 1. The Labute approximate surface area is 95.3 Å². The van der Waals surface area contributed by atoms with E-state index in [2.05, 4.69) is 31.7 Å². The highest BCUT2D eigenvalue weighted by Crippen LogP contribution is 2.19. The zero-order chi connectivity index (χ0) is 11.5. The SMILES string of the molecule is C=C1CN(Cc2cccc(C)c2)C(C=O)O1. The lowest BCUT2D eigenvalue weighted by Gasteiger charge is -2.17. The van der Waals surface area contributed by atoms with Crippen molar-refractivity contribution in [3.05, 3.63) is 47.7 Å². The predicted octanol–water partition coefficient (Wildman–Crippen LogP) is 1.87.